The number of non-ortho nitro benzene ring substituents is 1. The smallest absolute Gasteiger partial charge is 0.271 e. The standard InChI is InChI=1S/C11H16N4O5S/c1-8(16)13-5-6-14-21(19,20)11-4-3-9(15(17)18)7-10(11)12-2/h3-4,7,12,14H,5-6H2,1-2H3,(H,13,16). The molecule has 9 nitrogen and oxygen atoms in total. The zero-order valence-corrected chi connectivity index (χ0v) is 12.4. The Kier molecular flexibility index (Phi) is 5.61. The molecule has 0 aromatic heterocycles. The number of benzene rings is 1. The molecular weight excluding hydrogens is 300 g/mol. The Hall–Kier alpha value is -2.20. The van der Waals surface area contributed by atoms with Crippen molar-refractivity contribution in [3.05, 3.63) is 28.3 Å². The Bertz CT molecular complexity index is 644. The summed E-state index contributed by atoms with van der Waals surface area (Å²) >= 11 is 0. The molecule has 0 spiro atoms. The van der Waals surface area contributed by atoms with Crippen LogP contribution in [0.3, 0.4) is 0 Å². The van der Waals surface area contributed by atoms with Crippen LogP contribution in [-0.2, 0) is 14.8 Å². The Labute approximate surface area is 121 Å². The van der Waals surface area contributed by atoms with Crippen LogP contribution in [-0.4, -0.2) is 39.4 Å². The summed E-state index contributed by atoms with van der Waals surface area (Å²) in [6.45, 7) is 1.49. The average molecular weight is 316 g/mol. The quantitative estimate of drug-likeness (QED) is 0.370. The lowest BCUT2D eigenvalue weighted by molar-refractivity contribution is -0.384. The summed E-state index contributed by atoms with van der Waals surface area (Å²) in [6, 6.07) is 3.41. The Morgan fingerprint density at radius 2 is 2.00 bits per heavy atom. The molecule has 10 heteroatoms. The van der Waals surface area contributed by atoms with E-state index in [0.29, 0.717) is 0 Å². The van der Waals surface area contributed by atoms with Gasteiger partial charge >= 0.3 is 0 Å². The van der Waals surface area contributed by atoms with Crippen LogP contribution in [0.2, 0.25) is 0 Å². The number of carbonyl (C=O) groups excluding carboxylic acids is 1. The molecule has 0 aliphatic rings. The van der Waals surface area contributed by atoms with E-state index in [-0.39, 0.29) is 35.3 Å². The van der Waals surface area contributed by atoms with E-state index in [2.05, 4.69) is 15.4 Å². The lowest BCUT2D eigenvalue weighted by Crippen LogP contribution is -2.33. The Morgan fingerprint density at radius 1 is 1.33 bits per heavy atom. The van der Waals surface area contributed by atoms with Gasteiger partial charge in [0.2, 0.25) is 15.9 Å². The van der Waals surface area contributed by atoms with Gasteiger partial charge in [-0.15, -0.1) is 0 Å². The Morgan fingerprint density at radius 3 is 2.52 bits per heavy atom. The minimum absolute atomic E-state index is 0.0159. The molecule has 0 atom stereocenters. The fraction of sp³-hybridized carbons (Fsp3) is 0.364. The van der Waals surface area contributed by atoms with Gasteiger partial charge in [0.15, 0.2) is 0 Å². The van der Waals surface area contributed by atoms with E-state index >= 15 is 0 Å². The monoisotopic (exact) mass is 316 g/mol. The number of nitrogens with one attached hydrogen (secondary N) is 3. The van der Waals surface area contributed by atoms with Crippen molar-refractivity contribution in [3.8, 4) is 0 Å². The second-order valence-electron chi connectivity index (χ2n) is 4.07. The first-order valence-corrected chi connectivity index (χ1v) is 7.46. The van der Waals surface area contributed by atoms with Crippen molar-refractivity contribution in [1.82, 2.24) is 10.0 Å². The van der Waals surface area contributed by atoms with E-state index in [1.165, 1.54) is 14.0 Å². The largest absolute Gasteiger partial charge is 0.387 e. The molecule has 1 rings (SSSR count). The highest BCUT2D eigenvalue weighted by Gasteiger charge is 2.20. The number of amides is 1. The highest BCUT2D eigenvalue weighted by Crippen LogP contribution is 2.25. The van der Waals surface area contributed by atoms with Crippen molar-refractivity contribution >= 4 is 27.3 Å². The summed E-state index contributed by atoms with van der Waals surface area (Å²) in [5.41, 5.74) is -0.0900. The van der Waals surface area contributed by atoms with Crippen LogP contribution < -0.4 is 15.4 Å². The van der Waals surface area contributed by atoms with Crippen LogP contribution in [0.4, 0.5) is 11.4 Å². The molecule has 0 bridgehead atoms. The van der Waals surface area contributed by atoms with Gasteiger partial charge in [-0.1, -0.05) is 0 Å². The number of hydrogen-bond acceptors (Lipinski definition) is 6. The fourth-order valence-corrected chi connectivity index (χ4v) is 2.79. The van der Waals surface area contributed by atoms with Gasteiger partial charge < -0.3 is 10.6 Å². The third-order valence-corrected chi connectivity index (χ3v) is 4.04. The van der Waals surface area contributed by atoms with Crippen molar-refractivity contribution in [2.45, 2.75) is 11.8 Å². The van der Waals surface area contributed by atoms with Gasteiger partial charge in [-0.3, -0.25) is 14.9 Å². The van der Waals surface area contributed by atoms with Crippen molar-refractivity contribution in [2.24, 2.45) is 0 Å². The van der Waals surface area contributed by atoms with Gasteiger partial charge in [-0.05, 0) is 6.07 Å². The highest BCUT2D eigenvalue weighted by molar-refractivity contribution is 7.89. The number of hydrogen-bond donors (Lipinski definition) is 3. The lowest BCUT2D eigenvalue weighted by Gasteiger charge is -2.11. The van der Waals surface area contributed by atoms with E-state index in [9.17, 15) is 23.3 Å². The topological polar surface area (TPSA) is 130 Å². The molecule has 1 aromatic rings. The highest BCUT2D eigenvalue weighted by atomic mass is 32.2. The van der Waals surface area contributed by atoms with Gasteiger partial charge in [0, 0.05) is 39.2 Å². The second kappa shape index (κ2) is 6.99. The minimum Gasteiger partial charge on any atom is -0.387 e. The summed E-state index contributed by atoms with van der Waals surface area (Å²) in [4.78, 5) is 20.6. The van der Waals surface area contributed by atoms with Crippen LogP contribution in [0.15, 0.2) is 23.1 Å². The maximum absolute atomic E-state index is 12.1. The number of sulfonamides is 1. The number of nitrogens with zero attached hydrogens (tertiary/aromatic N) is 1. The maximum Gasteiger partial charge on any atom is 0.271 e. The van der Waals surface area contributed by atoms with Crippen molar-refractivity contribution in [2.75, 3.05) is 25.5 Å². The van der Waals surface area contributed by atoms with Gasteiger partial charge in [-0.25, -0.2) is 13.1 Å². The Balaban J connectivity index is 2.92. The van der Waals surface area contributed by atoms with Gasteiger partial charge in [-0.2, -0.15) is 0 Å². The normalized spacial score (nSPS) is 11.0. The fourth-order valence-electron chi connectivity index (χ4n) is 1.56. The molecule has 0 aliphatic heterocycles. The summed E-state index contributed by atoms with van der Waals surface area (Å²) in [7, 11) is -2.36. The van der Waals surface area contributed by atoms with Crippen molar-refractivity contribution in [1.29, 1.82) is 0 Å². The number of nitro benzene ring substituents is 1. The molecule has 0 aliphatic carbocycles. The first-order chi connectivity index (χ1) is 9.77. The zero-order valence-electron chi connectivity index (χ0n) is 11.5. The SMILES string of the molecule is CNc1cc([N+](=O)[O-])ccc1S(=O)(=O)NCCNC(C)=O. The van der Waals surface area contributed by atoms with Crippen LogP contribution in [0.1, 0.15) is 6.92 Å². The molecule has 0 heterocycles. The molecule has 0 fully saturated rings. The molecule has 116 valence electrons. The van der Waals surface area contributed by atoms with Crippen molar-refractivity contribution in [3.63, 3.8) is 0 Å². The van der Waals surface area contributed by atoms with E-state index in [1.54, 1.807) is 0 Å². The van der Waals surface area contributed by atoms with E-state index in [1.807, 2.05) is 0 Å². The number of carbonyl (C=O) groups is 1. The molecule has 21 heavy (non-hydrogen) atoms. The summed E-state index contributed by atoms with van der Waals surface area (Å²) in [6.07, 6.45) is 0. The predicted octanol–water partition coefficient (Wildman–Crippen LogP) is 0.0509. The van der Waals surface area contributed by atoms with Crippen LogP contribution in [0.5, 0.6) is 0 Å². The first-order valence-electron chi connectivity index (χ1n) is 5.98. The molecule has 0 unspecified atom stereocenters. The van der Waals surface area contributed by atoms with Crippen LogP contribution in [0, 0.1) is 10.1 Å². The van der Waals surface area contributed by atoms with Crippen LogP contribution >= 0.6 is 0 Å². The molecule has 1 aromatic carbocycles. The van der Waals surface area contributed by atoms with Crippen molar-refractivity contribution < 1.29 is 18.1 Å². The van der Waals surface area contributed by atoms with Gasteiger partial charge in [0.25, 0.3) is 5.69 Å². The molecule has 0 saturated heterocycles. The third-order valence-electron chi connectivity index (χ3n) is 2.52. The summed E-state index contributed by atoms with van der Waals surface area (Å²) in [5, 5.41) is 15.7. The first kappa shape index (κ1) is 16.9. The molecule has 0 saturated carbocycles. The maximum atomic E-state index is 12.1. The molecular formula is C11H16N4O5S. The van der Waals surface area contributed by atoms with E-state index in [4.69, 9.17) is 0 Å². The average Bonchev–Trinajstić information content (AvgIpc) is 2.42. The number of nitro groups is 1. The summed E-state index contributed by atoms with van der Waals surface area (Å²) < 4.78 is 26.5. The minimum atomic E-state index is -3.83. The molecule has 3 N–H and O–H groups in total. The van der Waals surface area contributed by atoms with E-state index < -0.39 is 14.9 Å². The zero-order chi connectivity index (χ0) is 16.0. The van der Waals surface area contributed by atoms with E-state index in [0.717, 1.165) is 18.2 Å². The lowest BCUT2D eigenvalue weighted by atomic mass is 10.3. The third kappa shape index (κ3) is 4.68. The second-order valence-corrected chi connectivity index (χ2v) is 5.80. The molecule has 0 radical (unpaired) electrons. The summed E-state index contributed by atoms with van der Waals surface area (Å²) in [5.74, 6) is -0.263. The number of rotatable bonds is 7. The van der Waals surface area contributed by atoms with Gasteiger partial charge in [0.05, 0.1) is 10.6 Å². The predicted molar refractivity (Wildman–Crippen MR) is 76.5 cm³/mol. The van der Waals surface area contributed by atoms with Crippen LogP contribution in [0.25, 0.3) is 0 Å². The number of anilines is 1. The molecule has 1 amide bonds. The van der Waals surface area contributed by atoms with Gasteiger partial charge in [0.1, 0.15) is 4.90 Å².